The number of anilines is 1. The second-order valence-electron chi connectivity index (χ2n) is 4.44. The fourth-order valence-electron chi connectivity index (χ4n) is 1.54. The highest BCUT2D eigenvalue weighted by atomic mass is 79.9. The zero-order chi connectivity index (χ0) is 13.1. The number of aryl methyl sites for hydroxylation is 1. The normalized spacial score (nSPS) is 11.6. The molecule has 1 aromatic heterocycles. The van der Waals surface area contributed by atoms with Crippen molar-refractivity contribution in [2.24, 2.45) is 0 Å². The van der Waals surface area contributed by atoms with Gasteiger partial charge in [0.15, 0.2) is 0 Å². The largest absolute Gasteiger partial charge is 0.382 e. The van der Waals surface area contributed by atoms with E-state index in [1.54, 1.807) is 13.3 Å². The fraction of sp³-hybridized carbons (Fsp3) is 0.636. The maximum atomic E-state index is 11.8. The Morgan fingerprint density at radius 2 is 2.24 bits per heavy atom. The third-order valence-electron chi connectivity index (χ3n) is 2.26. The molecule has 1 rings (SSSR count). The van der Waals surface area contributed by atoms with Crippen LogP contribution >= 0.6 is 15.9 Å². The molecule has 1 aromatic rings. The summed E-state index contributed by atoms with van der Waals surface area (Å²) in [7, 11) is 1.64. The molecule has 0 aliphatic carbocycles. The van der Waals surface area contributed by atoms with Crippen LogP contribution in [0.2, 0.25) is 0 Å². The van der Waals surface area contributed by atoms with Crippen LogP contribution < -0.4 is 10.9 Å². The van der Waals surface area contributed by atoms with E-state index in [0.29, 0.717) is 23.3 Å². The van der Waals surface area contributed by atoms with Crippen LogP contribution in [0, 0.1) is 0 Å². The molecule has 0 saturated carbocycles. The minimum atomic E-state index is -0.260. The van der Waals surface area contributed by atoms with Gasteiger partial charge in [-0.2, -0.15) is 5.10 Å². The topological polar surface area (TPSA) is 56.1 Å². The van der Waals surface area contributed by atoms with Crippen molar-refractivity contribution >= 4 is 21.6 Å². The van der Waals surface area contributed by atoms with Crippen LogP contribution in [0.3, 0.4) is 0 Å². The van der Waals surface area contributed by atoms with Crippen molar-refractivity contribution < 1.29 is 4.74 Å². The summed E-state index contributed by atoms with van der Waals surface area (Å²) >= 11 is 3.30. The van der Waals surface area contributed by atoms with E-state index < -0.39 is 0 Å². The highest BCUT2D eigenvalue weighted by molar-refractivity contribution is 9.10. The molecule has 6 heteroatoms. The van der Waals surface area contributed by atoms with Gasteiger partial charge in [-0.25, -0.2) is 4.68 Å². The Kier molecular flexibility index (Phi) is 4.70. The Hall–Kier alpha value is -0.880. The van der Waals surface area contributed by atoms with Gasteiger partial charge < -0.3 is 10.1 Å². The minimum Gasteiger partial charge on any atom is -0.382 e. The third-order valence-corrected chi connectivity index (χ3v) is 3.03. The van der Waals surface area contributed by atoms with Crippen LogP contribution in [0.1, 0.15) is 20.8 Å². The van der Waals surface area contributed by atoms with Gasteiger partial charge >= 0.3 is 0 Å². The molecule has 17 heavy (non-hydrogen) atoms. The molecular weight excluding hydrogens is 286 g/mol. The molecule has 0 spiro atoms. The van der Waals surface area contributed by atoms with Crippen LogP contribution in [-0.2, 0) is 11.3 Å². The summed E-state index contributed by atoms with van der Waals surface area (Å²) in [5.74, 6) is 0. The van der Waals surface area contributed by atoms with Gasteiger partial charge in [-0.1, -0.05) is 0 Å². The number of hydrogen-bond donors (Lipinski definition) is 1. The van der Waals surface area contributed by atoms with Gasteiger partial charge in [0.25, 0.3) is 5.56 Å². The summed E-state index contributed by atoms with van der Waals surface area (Å²) < 4.78 is 7.01. The summed E-state index contributed by atoms with van der Waals surface area (Å²) in [5.41, 5.74) is 0.288. The lowest BCUT2D eigenvalue weighted by molar-refractivity contribution is 0.158. The van der Waals surface area contributed by atoms with Crippen LogP contribution in [-0.4, -0.2) is 29.0 Å². The Morgan fingerprint density at radius 1 is 1.59 bits per heavy atom. The first-order valence-corrected chi connectivity index (χ1v) is 6.23. The van der Waals surface area contributed by atoms with Gasteiger partial charge in [0.05, 0.1) is 24.0 Å². The molecule has 0 saturated heterocycles. The molecule has 0 bridgehead atoms. The lowest BCUT2D eigenvalue weighted by atomic mass is 10.1. The molecule has 0 unspecified atom stereocenters. The average Bonchev–Trinajstić information content (AvgIpc) is 2.25. The van der Waals surface area contributed by atoms with E-state index in [4.69, 9.17) is 4.74 Å². The maximum absolute atomic E-state index is 11.8. The molecule has 0 aromatic carbocycles. The Balaban J connectivity index is 3.01. The molecule has 0 radical (unpaired) electrons. The van der Waals surface area contributed by atoms with Crippen LogP contribution in [0.25, 0.3) is 0 Å². The van der Waals surface area contributed by atoms with Crippen molar-refractivity contribution in [2.75, 3.05) is 19.0 Å². The first-order valence-electron chi connectivity index (χ1n) is 5.44. The number of hydrogen-bond acceptors (Lipinski definition) is 4. The van der Waals surface area contributed by atoms with E-state index in [1.165, 1.54) is 4.68 Å². The zero-order valence-electron chi connectivity index (χ0n) is 10.6. The molecule has 0 aliphatic heterocycles. The number of methoxy groups -OCH3 is 1. The van der Waals surface area contributed by atoms with E-state index >= 15 is 0 Å². The van der Waals surface area contributed by atoms with Gasteiger partial charge in [0.2, 0.25) is 0 Å². The number of nitrogens with one attached hydrogen (secondary N) is 1. The second kappa shape index (κ2) is 5.64. The van der Waals surface area contributed by atoms with Crippen LogP contribution in [0.15, 0.2) is 15.5 Å². The van der Waals surface area contributed by atoms with E-state index in [1.807, 2.05) is 20.8 Å². The zero-order valence-corrected chi connectivity index (χ0v) is 12.2. The van der Waals surface area contributed by atoms with Crippen molar-refractivity contribution in [3.8, 4) is 0 Å². The third kappa shape index (κ3) is 3.54. The van der Waals surface area contributed by atoms with Gasteiger partial charge in [-0.15, -0.1) is 0 Å². The monoisotopic (exact) mass is 303 g/mol. The smallest absolute Gasteiger partial charge is 0.283 e. The molecule has 1 N–H and O–H groups in total. The molecular formula is C11H18BrN3O2. The average molecular weight is 304 g/mol. The highest BCUT2D eigenvalue weighted by Crippen LogP contribution is 2.20. The number of halogens is 1. The van der Waals surface area contributed by atoms with E-state index in [0.717, 1.165) is 0 Å². The van der Waals surface area contributed by atoms with Gasteiger partial charge in [0, 0.05) is 13.7 Å². The van der Waals surface area contributed by atoms with Crippen molar-refractivity contribution in [3.05, 3.63) is 21.0 Å². The standard InChI is InChI=1S/C11H18BrN3O2/c1-5-15-10(16)9(12)8(6-13-15)14-11(2,3)7-17-4/h6,14H,5,7H2,1-4H3. The van der Waals surface area contributed by atoms with Crippen molar-refractivity contribution in [1.29, 1.82) is 0 Å². The van der Waals surface area contributed by atoms with Gasteiger partial charge in [-0.05, 0) is 36.7 Å². The fourth-order valence-corrected chi connectivity index (χ4v) is 1.95. The molecule has 1 heterocycles. The van der Waals surface area contributed by atoms with E-state index in [9.17, 15) is 4.79 Å². The number of rotatable bonds is 5. The Bertz CT molecular complexity index is 443. The molecule has 5 nitrogen and oxygen atoms in total. The molecule has 96 valence electrons. The maximum Gasteiger partial charge on any atom is 0.283 e. The van der Waals surface area contributed by atoms with Crippen molar-refractivity contribution in [2.45, 2.75) is 32.9 Å². The van der Waals surface area contributed by atoms with Crippen LogP contribution in [0.5, 0.6) is 0 Å². The summed E-state index contributed by atoms with van der Waals surface area (Å²) in [5, 5.41) is 7.30. The Labute approximate surface area is 109 Å². The number of nitrogens with zero attached hydrogens (tertiary/aromatic N) is 2. The lowest BCUT2D eigenvalue weighted by Crippen LogP contribution is -2.37. The first kappa shape index (κ1) is 14.2. The minimum absolute atomic E-state index is 0.134. The van der Waals surface area contributed by atoms with Crippen LogP contribution in [0.4, 0.5) is 5.69 Å². The van der Waals surface area contributed by atoms with E-state index in [-0.39, 0.29) is 11.1 Å². The summed E-state index contributed by atoms with van der Waals surface area (Å²) in [6, 6.07) is 0. The summed E-state index contributed by atoms with van der Waals surface area (Å²) in [6.07, 6.45) is 1.65. The van der Waals surface area contributed by atoms with Crippen molar-refractivity contribution in [1.82, 2.24) is 9.78 Å². The molecule has 0 fully saturated rings. The second-order valence-corrected chi connectivity index (χ2v) is 5.23. The molecule has 0 aliphatic rings. The van der Waals surface area contributed by atoms with Gasteiger partial charge in [-0.3, -0.25) is 4.79 Å². The quantitative estimate of drug-likeness (QED) is 0.902. The predicted molar refractivity (Wildman–Crippen MR) is 71.4 cm³/mol. The van der Waals surface area contributed by atoms with Gasteiger partial charge in [0.1, 0.15) is 4.47 Å². The van der Waals surface area contributed by atoms with E-state index in [2.05, 4.69) is 26.3 Å². The lowest BCUT2D eigenvalue weighted by Gasteiger charge is -2.26. The predicted octanol–water partition coefficient (Wildman–Crippen LogP) is 1.86. The van der Waals surface area contributed by atoms with Crippen molar-refractivity contribution in [3.63, 3.8) is 0 Å². The Morgan fingerprint density at radius 3 is 2.76 bits per heavy atom. The number of aromatic nitrogens is 2. The summed E-state index contributed by atoms with van der Waals surface area (Å²) in [4.78, 5) is 11.8. The highest BCUT2D eigenvalue weighted by Gasteiger charge is 2.19. The summed E-state index contributed by atoms with van der Waals surface area (Å²) in [6.45, 7) is 6.96. The number of ether oxygens (including phenoxy) is 1. The molecule has 0 amide bonds. The SMILES string of the molecule is CCn1ncc(NC(C)(C)COC)c(Br)c1=O. The first-order chi connectivity index (χ1) is 7.91. The molecule has 0 atom stereocenters.